The van der Waals surface area contributed by atoms with Crippen LogP contribution < -0.4 is 10.5 Å². The van der Waals surface area contributed by atoms with Crippen molar-refractivity contribution < 1.29 is 12.8 Å². The van der Waals surface area contributed by atoms with Crippen molar-refractivity contribution in [3.05, 3.63) is 52.7 Å². The second kappa shape index (κ2) is 6.62. The molecule has 0 aliphatic heterocycles. The van der Waals surface area contributed by atoms with Gasteiger partial charge in [0, 0.05) is 11.1 Å². The van der Waals surface area contributed by atoms with E-state index in [2.05, 4.69) is 12.2 Å². The van der Waals surface area contributed by atoms with Crippen LogP contribution in [0.2, 0.25) is 5.02 Å². The van der Waals surface area contributed by atoms with Crippen LogP contribution in [0, 0.1) is 0 Å². The van der Waals surface area contributed by atoms with Crippen LogP contribution in [0.5, 0.6) is 0 Å². The molecule has 3 N–H and O–H groups in total. The maximum atomic E-state index is 11.1. The molecule has 0 saturated heterocycles. The number of sulfonamides is 1. The Morgan fingerprint density at radius 3 is 2.43 bits per heavy atom. The zero-order chi connectivity index (χ0) is 15.5. The Kier molecular flexibility index (Phi) is 5.05. The van der Waals surface area contributed by atoms with Crippen molar-refractivity contribution in [3.63, 3.8) is 0 Å². The van der Waals surface area contributed by atoms with Crippen LogP contribution in [0.1, 0.15) is 30.7 Å². The number of primary sulfonamides is 1. The Bertz CT molecular complexity index is 695. The summed E-state index contributed by atoms with van der Waals surface area (Å²) < 4.78 is 27.5. The minimum absolute atomic E-state index is 0.130. The summed E-state index contributed by atoms with van der Waals surface area (Å²) in [6.07, 6.45) is 0.879. The van der Waals surface area contributed by atoms with E-state index in [-0.39, 0.29) is 11.1 Å². The van der Waals surface area contributed by atoms with E-state index in [0.717, 1.165) is 12.0 Å². The van der Waals surface area contributed by atoms with E-state index in [1.165, 1.54) is 6.07 Å². The molecule has 0 spiro atoms. The highest BCUT2D eigenvalue weighted by molar-refractivity contribution is 7.89. The third kappa shape index (κ3) is 4.31. The fraction of sp³-hybridized carbons (Fsp3) is 0.286. The van der Waals surface area contributed by atoms with Gasteiger partial charge in [0.25, 0.3) is 10.0 Å². The number of furan rings is 1. The monoisotopic (exact) mass is 328 g/mol. The van der Waals surface area contributed by atoms with Crippen molar-refractivity contribution in [1.82, 2.24) is 5.32 Å². The molecule has 0 radical (unpaired) electrons. The largest absolute Gasteiger partial charge is 0.447 e. The average Bonchev–Trinajstić information content (AvgIpc) is 2.90. The number of rotatable bonds is 6. The molecule has 1 heterocycles. The van der Waals surface area contributed by atoms with Crippen LogP contribution >= 0.6 is 11.6 Å². The number of halogens is 1. The van der Waals surface area contributed by atoms with Gasteiger partial charge in [0.2, 0.25) is 5.09 Å². The second-order valence-corrected chi connectivity index (χ2v) is 6.59. The highest BCUT2D eigenvalue weighted by atomic mass is 35.5. The summed E-state index contributed by atoms with van der Waals surface area (Å²) in [7, 11) is -3.79. The summed E-state index contributed by atoms with van der Waals surface area (Å²) in [6, 6.07) is 10.7. The van der Waals surface area contributed by atoms with Crippen molar-refractivity contribution >= 4 is 21.6 Å². The molecule has 21 heavy (non-hydrogen) atoms. The quantitative estimate of drug-likeness (QED) is 0.853. The molecule has 0 bridgehead atoms. The van der Waals surface area contributed by atoms with Gasteiger partial charge in [-0.2, -0.15) is 0 Å². The summed E-state index contributed by atoms with van der Waals surface area (Å²) >= 11 is 5.87. The highest BCUT2D eigenvalue weighted by Crippen LogP contribution is 2.20. The van der Waals surface area contributed by atoms with E-state index in [1.807, 2.05) is 24.3 Å². The van der Waals surface area contributed by atoms with Crippen molar-refractivity contribution in [1.29, 1.82) is 0 Å². The van der Waals surface area contributed by atoms with Gasteiger partial charge in [-0.05, 0) is 36.2 Å². The van der Waals surface area contributed by atoms with E-state index in [9.17, 15) is 8.42 Å². The zero-order valence-corrected chi connectivity index (χ0v) is 13.1. The van der Waals surface area contributed by atoms with Gasteiger partial charge in [0.05, 0.1) is 6.54 Å². The van der Waals surface area contributed by atoms with E-state index < -0.39 is 10.0 Å². The van der Waals surface area contributed by atoms with Crippen molar-refractivity contribution in [2.24, 2.45) is 5.14 Å². The molecule has 2 rings (SSSR count). The smallest absolute Gasteiger partial charge is 0.271 e. The maximum absolute atomic E-state index is 11.1. The van der Waals surface area contributed by atoms with Gasteiger partial charge in [-0.25, -0.2) is 13.6 Å². The summed E-state index contributed by atoms with van der Waals surface area (Å²) in [5, 5.41) is 8.79. The maximum Gasteiger partial charge on any atom is 0.271 e. The first-order chi connectivity index (χ1) is 9.90. The predicted molar refractivity (Wildman–Crippen MR) is 81.4 cm³/mol. The number of benzene rings is 1. The Morgan fingerprint density at radius 1 is 1.24 bits per heavy atom. The van der Waals surface area contributed by atoms with Crippen molar-refractivity contribution in [2.45, 2.75) is 31.0 Å². The molecule has 0 fully saturated rings. The summed E-state index contributed by atoms with van der Waals surface area (Å²) in [5.41, 5.74) is 1.11. The standard InChI is InChI=1S/C14H17ClN2O3S/c1-2-13(10-3-5-11(15)6-4-10)17-9-12-7-8-14(20-12)21(16,18)19/h3-8,13,17H,2,9H2,1H3,(H2,16,18,19). The van der Waals surface area contributed by atoms with E-state index in [0.29, 0.717) is 17.3 Å². The van der Waals surface area contributed by atoms with Gasteiger partial charge in [0.15, 0.2) is 0 Å². The summed E-state index contributed by atoms with van der Waals surface area (Å²) in [6.45, 7) is 2.47. The lowest BCUT2D eigenvalue weighted by molar-refractivity contribution is 0.387. The Balaban J connectivity index is 2.03. The lowest BCUT2D eigenvalue weighted by Crippen LogP contribution is -2.20. The first-order valence-electron chi connectivity index (χ1n) is 6.50. The molecule has 7 heteroatoms. The lowest BCUT2D eigenvalue weighted by atomic mass is 10.0. The number of nitrogens with two attached hydrogens (primary N) is 1. The average molecular weight is 329 g/mol. The minimum atomic E-state index is -3.79. The molecular formula is C14H17ClN2O3S. The molecule has 0 aliphatic carbocycles. The summed E-state index contributed by atoms with van der Waals surface area (Å²) in [5.74, 6) is 0.520. The minimum Gasteiger partial charge on any atom is -0.447 e. The van der Waals surface area contributed by atoms with Gasteiger partial charge in [-0.15, -0.1) is 0 Å². The molecule has 0 amide bonds. The van der Waals surface area contributed by atoms with Gasteiger partial charge in [-0.1, -0.05) is 30.7 Å². The number of nitrogens with one attached hydrogen (secondary N) is 1. The fourth-order valence-corrected chi connectivity index (χ4v) is 2.63. The third-order valence-corrected chi connectivity index (χ3v) is 4.15. The summed E-state index contributed by atoms with van der Waals surface area (Å²) in [4.78, 5) is 0. The van der Waals surface area contributed by atoms with Gasteiger partial charge < -0.3 is 9.73 Å². The Morgan fingerprint density at radius 2 is 1.90 bits per heavy atom. The second-order valence-electron chi connectivity index (χ2n) is 4.66. The molecule has 1 atom stereocenters. The molecule has 0 aliphatic rings. The Hall–Kier alpha value is -1.34. The van der Waals surface area contributed by atoms with E-state index >= 15 is 0 Å². The van der Waals surface area contributed by atoms with Gasteiger partial charge in [-0.3, -0.25) is 0 Å². The normalized spacial score (nSPS) is 13.3. The molecule has 0 saturated carbocycles. The van der Waals surface area contributed by atoms with E-state index in [1.54, 1.807) is 6.07 Å². The number of hydrogen-bond donors (Lipinski definition) is 2. The highest BCUT2D eigenvalue weighted by Gasteiger charge is 2.14. The molecule has 1 aromatic heterocycles. The lowest BCUT2D eigenvalue weighted by Gasteiger charge is -2.16. The fourth-order valence-electron chi connectivity index (χ4n) is 2.02. The van der Waals surface area contributed by atoms with Crippen molar-refractivity contribution in [3.8, 4) is 0 Å². The molecule has 114 valence electrons. The van der Waals surface area contributed by atoms with Gasteiger partial charge in [0.1, 0.15) is 5.76 Å². The van der Waals surface area contributed by atoms with E-state index in [4.69, 9.17) is 21.2 Å². The van der Waals surface area contributed by atoms with Crippen LogP contribution in [0.3, 0.4) is 0 Å². The molecule has 1 unspecified atom stereocenters. The topological polar surface area (TPSA) is 85.3 Å². The van der Waals surface area contributed by atoms with Crippen LogP contribution in [0.25, 0.3) is 0 Å². The molecule has 1 aromatic carbocycles. The van der Waals surface area contributed by atoms with Crippen molar-refractivity contribution in [2.75, 3.05) is 0 Å². The van der Waals surface area contributed by atoms with Crippen LogP contribution in [0.4, 0.5) is 0 Å². The molecule has 2 aromatic rings. The zero-order valence-electron chi connectivity index (χ0n) is 11.5. The molecular weight excluding hydrogens is 312 g/mol. The number of hydrogen-bond acceptors (Lipinski definition) is 4. The van der Waals surface area contributed by atoms with Crippen LogP contribution in [-0.4, -0.2) is 8.42 Å². The predicted octanol–water partition coefficient (Wildman–Crippen LogP) is 2.82. The third-order valence-electron chi connectivity index (χ3n) is 3.12. The van der Waals surface area contributed by atoms with Gasteiger partial charge >= 0.3 is 0 Å². The molecule has 5 nitrogen and oxygen atoms in total. The van der Waals surface area contributed by atoms with Crippen LogP contribution in [0.15, 0.2) is 45.9 Å². The first-order valence-corrected chi connectivity index (χ1v) is 8.43. The SMILES string of the molecule is CCC(NCc1ccc(S(N)(=O)=O)o1)c1ccc(Cl)cc1. The first kappa shape index (κ1) is 16.0. The Labute approximate surface area is 129 Å². The van der Waals surface area contributed by atoms with Crippen LogP contribution in [-0.2, 0) is 16.6 Å².